The summed E-state index contributed by atoms with van der Waals surface area (Å²) in [5.74, 6) is -0.356. The van der Waals surface area contributed by atoms with E-state index in [9.17, 15) is 14.7 Å². The van der Waals surface area contributed by atoms with Crippen molar-refractivity contribution in [3.63, 3.8) is 0 Å². The molecule has 36 heavy (non-hydrogen) atoms. The van der Waals surface area contributed by atoms with Crippen LogP contribution < -0.4 is 5.32 Å². The van der Waals surface area contributed by atoms with Gasteiger partial charge < -0.3 is 24.8 Å². The zero-order valence-corrected chi connectivity index (χ0v) is 22.1. The Morgan fingerprint density at radius 1 is 1.19 bits per heavy atom. The average Bonchev–Trinajstić information content (AvgIpc) is 3.27. The van der Waals surface area contributed by atoms with Crippen molar-refractivity contribution in [1.29, 1.82) is 0 Å². The molecule has 1 fully saturated rings. The molecule has 0 radical (unpaired) electrons. The summed E-state index contributed by atoms with van der Waals surface area (Å²) >= 11 is 12.1. The van der Waals surface area contributed by atoms with Crippen LogP contribution in [0.1, 0.15) is 23.6 Å². The highest BCUT2D eigenvalue weighted by Gasteiger charge is 2.28. The molecule has 2 amide bonds. The molecule has 0 aliphatic carbocycles. The van der Waals surface area contributed by atoms with Crippen LogP contribution >= 0.6 is 23.2 Å². The van der Waals surface area contributed by atoms with Gasteiger partial charge >= 0.3 is 0 Å². The van der Waals surface area contributed by atoms with E-state index in [0.29, 0.717) is 48.5 Å². The van der Waals surface area contributed by atoms with Crippen LogP contribution in [0.15, 0.2) is 42.5 Å². The van der Waals surface area contributed by atoms with E-state index in [1.165, 1.54) is 0 Å². The standard InChI is InChI=1S/C26H33Cl2N3O5/c1-30(26(34)13-18-6-7-22(27)23(28)12-18)24(16-31-9-8-21(32)15-31)19-4-3-5-20(14-19)29-25(33)17-36-11-10-35-2/h3-7,12,14,21,24,32H,8-11,13,15-17H2,1-2H3,(H,29,33)/t21?,24-/m1/s1. The number of aliphatic hydroxyl groups excluding tert-OH is 1. The van der Waals surface area contributed by atoms with Crippen molar-refractivity contribution < 1.29 is 24.2 Å². The molecule has 2 atom stereocenters. The molecule has 0 spiro atoms. The van der Waals surface area contributed by atoms with Crippen LogP contribution in [0.4, 0.5) is 5.69 Å². The predicted octanol–water partition coefficient (Wildman–Crippen LogP) is 3.40. The summed E-state index contributed by atoms with van der Waals surface area (Å²) in [6, 6.07) is 12.3. The fraction of sp³-hybridized carbons (Fsp3) is 0.462. The molecule has 1 unspecified atom stereocenters. The van der Waals surface area contributed by atoms with Crippen molar-refractivity contribution in [3.8, 4) is 0 Å². The van der Waals surface area contributed by atoms with Gasteiger partial charge in [-0.05, 0) is 41.8 Å². The smallest absolute Gasteiger partial charge is 0.250 e. The molecule has 0 saturated carbocycles. The highest BCUT2D eigenvalue weighted by molar-refractivity contribution is 6.42. The number of halogens is 2. The highest BCUT2D eigenvalue weighted by Crippen LogP contribution is 2.27. The molecular formula is C26H33Cl2N3O5. The van der Waals surface area contributed by atoms with Crippen LogP contribution in [0.2, 0.25) is 10.0 Å². The van der Waals surface area contributed by atoms with Gasteiger partial charge in [-0.15, -0.1) is 0 Å². The Labute approximate surface area is 222 Å². The Hall–Kier alpha value is -2.20. The fourth-order valence-corrected chi connectivity index (χ4v) is 4.45. The molecule has 8 nitrogen and oxygen atoms in total. The van der Waals surface area contributed by atoms with Crippen LogP contribution in [0.5, 0.6) is 0 Å². The maximum Gasteiger partial charge on any atom is 0.250 e. The number of methoxy groups -OCH3 is 1. The lowest BCUT2D eigenvalue weighted by atomic mass is 10.0. The van der Waals surface area contributed by atoms with E-state index < -0.39 is 0 Å². The first-order chi connectivity index (χ1) is 17.3. The molecule has 1 aliphatic heterocycles. The maximum absolute atomic E-state index is 13.3. The van der Waals surface area contributed by atoms with Gasteiger partial charge in [0.05, 0.1) is 41.8 Å². The first-order valence-electron chi connectivity index (χ1n) is 11.8. The van der Waals surface area contributed by atoms with Gasteiger partial charge in [-0.25, -0.2) is 0 Å². The molecular weight excluding hydrogens is 505 g/mol. The number of carbonyl (C=O) groups excluding carboxylic acids is 2. The monoisotopic (exact) mass is 537 g/mol. The highest BCUT2D eigenvalue weighted by atomic mass is 35.5. The molecule has 2 aromatic rings. The van der Waals surface area contributed by atoms with E-state index >= 15 is 0 Å². The van der Waals surface area contributed by atoms with Crippen molar-refractivity contribution in [3.05, 3.63) is 63.6 Å². The minimum atomic E-state index is -0.369. The summed E-state index contributed by atoms with van der Waals surface area (Å²) in [5, 5.41) is 13.7. The Balaban J connectivity index is 1.75. The third kappa shape index (κ3) is 8.44. The Kier molecular flexibility index (Phi) is 11.0. The number of hydrogen-bond donors (Lipinski definition) is 2. The van der Waals surface area contributed by atoms with Gasteiger partial charge in [0.15, 0.2) is 0 Å². The summed E-state index contributed by atoms with van der Waals surface area (Å²) in [6.45, 7) is 2.53. The Bertz CT molecular complexity index is 1040. The first-order valence-corrected chi connectivity index (χ1v) is 12.6. The molecule has 3 rings (SSSR count). The molecule has 2 N–H and O–H groups in total. The third-order valence-electron chi connectivity index (χ3n) is 6.10. The number of nitrogens with one attached hydrogen (secondary N) is 1. The zero-order valence-electron chi connectivity index (χ0n) is 20.6. The Morgan fingerprint density at radius 2 is 2.00 bits per heavy atom. The molecule has 10 heteroatoms. The van der Waals surface area contributed by atoms with Crippen molar-refractivity contribution in [2.45, 2.75) is 25.0 Å². The normalized spacial score (nSPS) is 16.6. The number of likely N-dealkylation sites (N-methyl/N-ethyl adjacent to an activating group) is 1. The lowest BCUT2D eigenvalue weighted by Crippen LogP contribution is -2.39. The minimum absolute atomic E-state index is 0.0786. The van der Waals surface area contributed by atoms with E-state index in [1.54, 1.807) is 43.3 Å². The zero-order chi connectivity index (χ0) is 26.1. The van der Waals surface area contributed by atoms with Gasteiger partial charge in [-0.2, -0.15) is 0 Å². The summed E-state index contributed by atoms with van der Waals surface area (Å²) in [4.78, 5) is 29.4. The predicted molar refractivity (Wildman–Crippen MR) is 141 cm³/mol. The van der Waals surface area contributed by atoms with Crippen molar-refractivity contribution >= 4 is 40.7 Å². The number of benzene rings is 2. The summed E-state index contributed by atoms with van der Waals surface area (Å²) in [6.07, 6.45) is 0.501. The van der Waals surface area contributed by atoms with Crippen LogP contribution in [-0.2, 0) is 25.5 Å². The summed E-state index contributed by atoms with van der Waals surface area (Å²) < 4.78 is 10.2. The number of β-amino-alcohol motifs (C(OH)–C–C–N with tert-alkyl or cyclic N) is 1. The van der Waals surface area contributed by atoms with Gasteiger partial charge in [0.1, 0.15) is 6.61 Å². The number of carbonyl (C=O) groups is 2. The molecule has 0 aromatic heterocycles. The molecule has 1 saturated heterocycles. The van der Waals surface area contributed by atoms with Crippen molar-refractivity contribution in [2.24, 2.45) is 0 Å². The van der Waals surface area contributed by atoms with Gasteiger partial charge in [-0.1, -0.05) is 41.4 Å². The number of likely N-dealkylation sites (tertiary alicyclic amines) is 1. The molecule has 2 aromatic carbocycles. The summed E-state index contributed by atoms with van der Waals surface area (Å²) in [5.41, 5.74) is 2.26. The lowest BCUT2D eigenvalue weighted by molar-refractivity contribution is -0.131. The second-order valence-electron chi connectivity index (χ2n) is 8.87. The fourth-order valence-electron chi connectivity index (χ4n) is 4.12. The van der Waals surface area contributed by atoms with Gasteiger partial charge in [0.2, 0.25) is 11.8 Å². The maximum atomic E-state index is 13.3. The van der Waals surface area contributed by atoms with E-state index in [-0.39, 0.29) is 37.0 Å². The van der Waals surface area contributed by atoms with Gasteiger partial charge in [0.25, 0.3) is 0 Å². The molecule has 196 valence electrons. The van der Waals surface area contributed by atoms with Crippen molar-refractivity contribution in [2.75, 3.05) is 58.9 Å². The minimum Gasteiger partial charge on any atom is -0.392 e. The second kappa shape index (κ2) is 13.9. The number of aliphatic hydroxyl groups is 1. The van der Waals surface area contributed by atoms with Crippen molar-refractivity contribution in [1.82, 2.24) is 9.80 Å². The van der Waals surface area contributed by atoms with Gasteiger partial charge in [-0.3, -0.25) is 14.5 Å². The first kappa shape index (κ1) is 28.4. The number of amides is 2. The van der Waals surface area contributed by atoms with Crippen LogP contribution in [0, 0.1) is 0 Å². The number of rotatable bonds is 12. The average molecular weight is 538 g/mol. The molecule has 0 bridgehead atoms. The van der Waals surface area contributed by atoms with Crippen LogP contribution in [0.25, 0.3) is 0 Å². The second-order valence-corrected chi connectivity index (χ2v) is 9.68. The van der Waals surface area contributed by atoms with E-state index in [4.69, 9.17) is 32.7 Å². The van der Waals surface area contributed by atoms with Crippen LogP contribution in [-0.4, -0.2) is 86.4 Å². The third-order valence-corrected chi connectivity index (χ3v) is 6.84. The largest absolute Gasteiger partial charge is 0.392 e. The van der Waals surface area contributed by atoms with Crippen LogP contribution in [0.3, 0.4) is 0 Å². The lowest BCUT2D eigenvalue weighted by Gasteiger charge is -2.32. The van der Waals surface area contributed by atoms with E-state index in [0.717, 1.165) is 17.7 Å². The quantitative estimate of drug-likeness (QED) is 0.403. The molecule has 1 heterocycles. The Morgan fingerprint density at radius 3 is 2.69 bits per heavy atom. The topological polar surface area (TPSA) is 91.3 Å². The number of nitrogens with zero attached hydrogens (tertiary/aromatic N) is 2. The SMILES string of the molecule is COCCOCC(=O)Nc1cccc([C@@H](CN2CCC(O)C2)N(C)C(=O)Cc2ccc(Cl)c(Cl)c2)c1. The van der Waals surface area contributed by atoms with Gasteiger partial charge in [0, 0.05) is 39.5 Å². The van der Waals surface area contributed by atoms with E-state index in [1.807, 2.05) is 18.2 Å². The summed E-state index contributed by atoms with van der Waals surface area (Å²) in [7, 11) is 3.34. The number of anilines is 1. The number of ether oxygens (including phenoxy) is 2. The molecule has 1 aliphatic rings. The number of hydrogen-bond acceptors (Lipinski definition) is 6. The van der Waals surface area contributed by atoms with E-state index in [2.05, 4.69) is 10.2 Å².